The van der Waals surface area contributed by atoms with Crippen LogP contribution >= 0.6 is 0 Å². The Hall–Kier alpha value is 0.0969. The van der Waals surface area contributed by atoms with E-state index in [0.717, 1.165) is 16.7 Å². The van der Waals surface area contributed by atoms with Gasteiger partial charge in [0.15, 0.2) is 5.41 Å². The molecule has 0 spiro atoms. The second kappa shape index (κ2) is 17.5. The Balaban J connectivity index is 3.41. The number of unbranched alkanes of at least 4 members (excludes halogenated alkanes) is 13. The van der Waals surface area contributed by atoms with E-state index in [9.17, 15) is 0 Å². The summed E-state index contributed by atoms with van der Waals surface area (Å²) in [5.41, 5.74) is -0.495. The Labute approximate surface area is 161 Å². The fourth-order valence-electron chi connectivity index (χ4n) is 3.46. The summed E-state index contributed by atoms with van der Waals surface area (Å²) in [6.07, 6.45) is 20.6. The summed E-state index contributed by atoms with van der Waals surface area (Å²) < 4.78 is 16.6. The minimum atomic E-state index is -0.495. The van der Waals surface area contributed by atoms with Gasteiger partial charge in [-0.25, -0.2) is 0 Å². The summed E-state index contributed by atoms with van der Waals surface area (Å²) >= 11 is 0. The van der Waals surface area contributed by atoms with Crippen molar-refractivity contribution in [1.29, 1.82) is 0 Å². The summed E-state index contributed by atoms with van der Waals surface area (Å²) in [6, 6.07) is 0. The highest BCUT2D eigenvalue weighted by Crippen LogP contribution is 2.21. The molecule has 152 valence electrons. The Morgan fingerprint density at radius 3 is 1.32 bits per heavy atom. The van der Waals surface area contributed by atoms with Crippen LogP contribution in [0.5, 0.6) is 0 Å². The van der Waals surface area contributed by atoms with Crippen LogP contribution in [0.3, 0.4) is 0 Å². The van der Waals surface area contributed by atoms with E-state index in [1.165, 1.54) is 89.9 Å². The van der Waals surface area contributed by atoms with Crippen LogP contribution in [-0.2, 0) is 14.2 Å². The molecule has 25 heavy (non-hydrogen) atoms. The molecule has 3 nitrogen and oxygen atoms in total. The zero-order chi connectivity index (χ0) is 18.8. The minimum Gasteiger partial charge on any atom is -0.376 e. The monoisotopic (exact) mass is 374 g/mol. The average Bonchev–Trinajstić information content (AvgIpc) is 2.64. The molecular weight excluding hydrogens is 328 g/mol. The van der Waals surface area contributed by atoms with Gasteiger partial charge in [0.25, 0.3) is 0 Å². The first kappa shape index (κ1) is 25.1. The van der Waals surface area contributed by atoms with Gasteiger partial charge in [-0.3, -0.25) is 0 Å². The molecule has 4 heteroatoms. The summed E-state index contributed by atoms with van der Waals surface area (Å²) in [4.78, 5) is 0. The predicted molar refractivity (Wildman–Crippen MR) is 112 cm³/mol. The molecule has 0 aliphatic carbocycles. The normalized spacial score (nSPS) is 13.4. The molecule has 0 aromatic rings. The van der Waals surface area contributed by atoms with Gasteiger partial charge < -0.3 is 14.2 Å². The molecule has 0 saturated heterocycles. The van der Waals surface area contributed by atoms with Crippen molar-refractivity contribution in [2.45, 2.75) is 115 Å². The maximum Gasteiger partial charge on any atom is 0.165 e. The first-order chi connectivity index (χ1) is 12.1. The number of methoxy groups -OCH3 is 3. The van der Waals surface area contributed by atoms with Crippen LogP contribution in [0.15, 0.2) is 0 Å². The van der Waals surface area contributed by atoms with Crippen LogP contribution in [-0.4, -0.2) is 43.1 Å². The van der Waals surface area contributed by atoms with Crippen molar-refractivity contribution in [2.75, 3.05) is 21.3 Å². The quantitative estimate of drug-likeness (QED) is 0.177. The average molecular weight is 375 g/mol. The number of ether oxygens (including phenoxy) is 3. The summed E-state index contributed by atoms with van der Waals surface area (Å²) in [5.74, 6) is 0. The van der Waals surface area contributed by atoms with Gasteiger partial charge in [-0.05, 0) is 6.42 Å². The maximum absolute atomic E-state index is 5.60. The summed E-state index contributed by atoms with van der Waals surface area (Å²) in [6.45, 7) is 2.29. The molecule has 0 aliphatic rings. The fraction of sp³-hybridized carbons (Fsp3) is 1.00. The van der Waals surface area contributed by atoms with Crippen LogP contribution in [0.25, 0.3) is 0 Å². The summed E-state index contributed by atoms with van der Waals surface area (Å²) in [7, 11) is 6.01. The van der Waals surface area contributed by atoms with Crippen molar-refractivity contribution in [3.8, 4) is 0 Å². The largest absolute Gasteiger partial charge is 0.376 e. The molecule has 0 saturated carbocycles. The lowest BCUT2D eigenvalue weighted by molar-refractivity contribution is -0.209. The standard InChI is InChI=1S/C21H46O3Si/c1-5-6-7-8-9-10-11-12-13-14-15-16-17-18-19-20(22-2)21(25,23-3)24-4/h20H,5-19H2,1-4,25H3. The SMILES string of the molecule is CCCCCCCCCCCCCCCCC(OC)C([SiH3])(OC)OC. The molecule has 0 radical (unpaired) electrons. The van der Waals surface area contributed by atoms with Crippen LogP contribution in [0.4, 0.5) is 0 Å². The van der Waals surface area contributed by atoms with Crippen LogP contribution < -0.4 is 0 Å². The van der Waals surface area contributed by atoms with E-state index in [1.54, 1.807) is 21.3 Å². The first-order valence-electron chi connectivity index (χ1n) is 10.8. The van der Waals surface area contributed by atoms with Crippen molar-refractivity contribution in [2.24, 2.45) is 0 Å². The molecule has 0 aliphatic heterocycles. The topological polar surface area (TPSA) is 27.7 Å². The van der Waals surface area contributed by atoms with Crippen molar-refractivity contribution in [3.63, 3.8) is 0 Å². The van der Waals surface area contributed by atoms with E-state index in [4.69, 9.17) is 14.2 Å². The number of rotatable bonds is 19. The van der Waals surface area contributed by atoms with Crippen molar-refractivity contribution in [3.05, 3.63) is 0 Å². The Bertz CT molecular complexity index is 270. The highest BCUT2D eigenvalue weighted by atomic mass is 28.1. The van der Waals surface area contributed by atoms with Crippen molar-refractivity contribution >= 4 is 10.2 Å². The second-order valence-corrected chi connectivity index (χ2v) is 8.93. The molecule has 0 fully saturated rings. The van der Waals surface area contributed by atoms with Gasteiger partial charge in [0.05, 0.1) is 10.2 Å². The number of hydrogen-bond acceptors (Lipinski definition) is 3. The third-order valence-electron chi connectivity index (χ3n) is 5.50. The molecule has 0 aromatic heterocycles. The Kier molecular flexibility index (Phi) is 17.6. The zero-order valence-corrected chi connectivity index (χ0v) is 19.9. The molecule has 0 N–H and O–H groups in total. The maximum atomic E-state index is 5.60. The third-order valence-corrected chi connectivity index (χ3v) is 6.96. The van der Waals surface area contributed by atoms with Gasteiger partial charge in [-0.1, -0.05) is 96.8 Å². The molecular formula is C21H46O3Si. The fourth-order valence-corrected chi connectivity index (χ4v) is 3.99. The highest BCUT2D eigenvalue weighted by Gasteiger charge is 2.33. The van der Waals surface area contributed by atoms with Gasteiger partial charge in [-0.15, -0.1) is 0 Å². The molecule has 0 amide bonds. The molecule has 0 heterocycles. The van der Waals surface area contributed by atoms with Gasteiger partial charge in [0.1, 0.15) is 6.10 Å². The van der Waals surface area contributed by atoms with Crippen molar-refractivity contribution in [1.82, 2.24) is 0 Å². The van der Waals surface area contributed by atoms with Gasteiger partial charge in [-0.2, -0.15) is 0 Å². The lowest BCUT2D eigenvalue weighted by Gasteiger charge is -2.34. The van der Waals surface area contributed by atoms with Gasteiger partial charge >= 0.3 is 0 Å². The third kappa shape index (κ3) is 13.0. The van der Waals surface area contributed by atoms with Gasteiger partial charge in [0, 0.05) is 21.3 Å². The molecule has 0 aromatic carbocycles. The van der Waals surface area contributed by atoms with E-state index in [0.29, 0.717) is 0 Å². The van der Waals surface area contributed by atoms with Crippen LogP contribution in [0.2, 0.25) is 0 Å². The first-order valence-corrected chi connectivity index (χ1v) is 11.8. The molecule has 1 unspecified atom stereocenters. The van der Waals surface area contributed by atoms with E-state index < -0.39 is 5.41 Å². The Morgan fingerprint density at radius 1 is 0.640 bits per heavy atom. The lowest BCUT2D eigenvalue weighted by Crippen LogP contribution is -2.47. The van der Waals surface area contributed by atoms with Crippen molar-refractivity contribution < 1.29 is 14.2 Å². The van der Waals surface area contributed by atoms with Crippen LogP contribution in [0.1, 0.15) is 103 Å². The lowest BCUT2D eigenvalue weighted by atomic mass is 10.0. The van der Waals surface area contributed by atoms with E-state index in [1.807, 2.05) is 0 Å². The molecule has 0 bridgehead atoms. The summed E-state index contributed by atoms with van der Waals surface area (Å²) in [5, 5.41) is 0. The molecule has 0 rings (SSSR count). The predicted octanol–water partition coefficient (Wildman–Crippen LogP) is 5.18. The Morgan fingerprint density at radius 2 is 1.00 bits per heavy atom. The highest BCUT2D eigenvalue weighted by molar-refractivity contribution is 6.13. The van der Waals surface area contributed by atoms with E-state index >= 15 is 0 Å². The van der Waals surface area contributed by atoms with Crippen LogP contribution in [0, 0.1) is 0 Å². The number of hydrogen-bond donors (Lipinski definition) is 0. The van der Waals surface area contributed by atoms with E-state index in [-0.39, 0.29) is 6.10 Å². The molecule has 1 atom stereocenters. The smallest absolute Gasteiger partial charge is 0.165 e. The van der Waals surface area contributed by atoms with E-state index in [2.05, 4.69) is 6.92 Å². The second-order valence-electron chi connectivity index (χ2n) is 7.53. The van der Waals surface area contributed by atoms with Gasteiger partial charge in [0.2, 0.25) is 0 Å². The zero-order valence-electron chi connectivity index (χ0n) is 17.9. The minimum absolute atomic E-state index is 0.0616.